The van der Waals surface area contributed by atoms with E-state index in [4.69, 9.17) is 21.1 Å². The van der Waals surface area contributed by atoms with Crippen LogP contribution in [0.3, 0.4) is 0 Å². The number of nitrogens with one attached hydrogen (secondary N) is 2. The zero-order chi connectivity index (χ0) is 20.3. The average Bonchev–Trinajstić information content (AvgIpc) is 2.60. The van der Waals surface area contributed by atoms with Crippen molar-refractivity contribution in [3.05, 3.63) is 0 Å². The number of ether oxygens (including phenoxy) is 1. The van der Waals surface area contributed by atoms with E-state index in [1.165, 1.54) is 0 Å². The third-order valence-electron chi connectivity index (χ3n) is 2.89. The second-order valence-corrected chi connectivity index (χ2v) is 5.36. The van der Waals surface area contributed by atoms with E-state index >= 15 is 0 Å². The number of aliphatic carboxylic acids is 1. The van der Waals surface area contributed by atoms with Gasteiger partial charge in [0, 0.05) is 12.2 Å². The maximum absolute atomic E-state index is 11.9. The molecule has 13 heteroatoms. The molecule has 12 nitrogen and oxygen atoms in total. The molecule has 0 radical (unpaired) electrons. The van der Waals surface area contributed by atoms with Crippen molar-refractivity contribution >= 4 is 42.4 Å². The Balaban J connectivity index is 4.40. The molecule has 0 fully saturated rings. The Bertz CT molecular complexity index is 543. The van der Waals surface area contributed by atoms with Gasteiger partial charge in [0.2, 0.25) is 11.8 Å². The first kappa shape index (κ1) is 23.8. The molecule has 148 valence electrons. The van der Waals surface area contributed by atoms with Crippen molar-refractivity contribution < 1.29 is 44.0 Å². The second-order valence-electron chi connectivity index (χ2n) is 4.99. The fourth-order valence-electron chi connectivity index (χ4n) is 1.47. The molecule has 0 aliphatic rings. The number of aliphatic hydroxyl groups is 2. The van der Waals surface area contributed by atoms with Crippen LogP contribution in [0.15, 0.2) is 0 Å². The predicted octanol–water partition coefficient (Wildman–Crippen LogP) is -3.87. The van der Waals surface area contributed by atoms with Crippen molar-refractivity contribution in [2.45, 2.75) is 31.0 Å². The lowest BCUT2D eigenvalue weighted by Crippen LogP contribution is -2.53. The van der Waals surface area contributed by atoms with Gasteiger partial charge in [-0.15, -0.1) is 0 Å². The van der Waals surface area contributed by atoms with Gasteiger partial charge >= 0.3 is 17.9 Å². The van der Waals surface area contributed by atoms with E-state index in [2.05, 4.69) is 28.0 Å². The molecule has 0 bridgehead atoms. The minimum Gasteiger partial charge on any atom is -0.480 e. The highest BCUT2D eigenvalue weighted by molar-refractivity contribution is 7.80. The second kappa shape index (κ2) is 12.2. The molecule has 7 N–H and O–H groups in total. The van der Waals surface area contributed by atoms with Crippen LogP contribution in [0.25, 0.3) is 0 Å². The lowest BCUT2D eigenvalue weighted by molar-refractivity contribution is -0.167. The quantitative estimate of drug-likeness (QED) is 0.103. The van der Waals surface area contributed by atoms with E-state index in [9.17, 15) is 24.0 Å². The Morgan fingerprint density at radius 1 is 1.15 bits per heavy atom. The predicted molar refractivity (Wildman–Crippen MR) is 87.8 cm³/mol. The van der Waals surface area contributed by atoms with Gasteiger partial charge < -0.3 is 36.4 Å². The summed E-state index contributed by atoms with van der Waals surface area (Å²) in [5.41, 5.74) is 5.56. The summed E-state index contributed by atoms with van der Waals surface area (Å²) in [5.74, 6) is -5.36. The molecule has 2 amide bonds. The third kappa shape index (κ3) is 9.31. The van der Waals surface area contributed by atoms with Crippen LogP contribution in [0.2, 0.25) is 0 Å². The molecule has 0 aromatic heterocycles. The first-order chi connectivity index (χ1) is 12.1. The number of carbonyl (C=O) groups is 5. The molecule has 0 saturated carbocycles. The van der Waals surface area contributed by atoms with Gasteiger partial charge in [-0.25, -0.2) is 4.79 Å². The van der Waals surface area contributed by atoms with Gasteiger partial charge in [-0.1, -0.05) is 0 Å². The zero-order valence-electron chi connectivity index (χ0n) is 13.6. The number of carboxylic acid groups (broad SMARTS) is 1. The Morgan fingerprint density at radius 3 is 2.27 bits per heavy atom. The summed E-state index contributed by atoms with van der Waals surface area (Å²) in [5, 5.41) is 30.3. The first-order valence-corrected chi connectivity index (χ1v) is 7.95. The smallest absolute Gasteiger partial charge is 0.345 e. The minimum absolute atomic E-state index is 0.125. The monoisotopic (exact) mass is 395 g/mol. The van der Waals surface area contributed by atoms with Crippen LogP contribution in [0.4, 0.5) is 0 Å². The van der Waals surface area contributed by atoms with Crippen molar-refractivity contribution in [2.24, 2.45) is 5.73 Å². The minimum atomic E-state index is -1.85. The summed E-state index contributed by atoms with van der Waals surface area (Å²) in [6.07, 6.45) is -2.52. The molecule has 0 aliphatic carbocycles. The molecule has 0 heterocycles. The normalized spacial score (nSPS) is 13.8. The number of esters is 2. The van der Waals surface area contributed by atoms with Crippen LogP contribution in [-0.4, -0.2) is 82.1 Å². The van der Waals surface area contributed by atoms with Crippen molar-refractivity contribution in [3.8, 4) is 0 Å². The van der Waals surface area contributed by atoms with Crippen LogP contribution in [-0.2, 0) is 28.7 Å². The molecule has 0 aromatic carbocycles. The Morgan fingerprint density at radius 2 is 1.77 bits per heavy atom. The number of aliphatic hydroxyl groups excluding tert-OH is 2. The molecule has 1 unspecified atom stereocenters. The molecule has 26 heavy (non-hydrogen) atoms. The zero-order valence-corrected chi connectivity index (χ0v) is 14.5. The van der Waals surface area contributed by atoms with Gasteiger partial charge in [-0.3, -0.25) is 19.2 Å². The van der Waals surface area contributed by atoms with Crippen LogP contribution in [0.1, 0.15) is 12.8 Å². The lowest BCUT2D eigenvalue weighted by atomic mass is 10.1. The van der Waals surface area contributed by atoms with Crippen molar-refractivity contribution in [1.82, 2.24) is 10.6 Å². The van der Waals surface area contributed by atoms with Gasteiger partial charge in [0.25, 0.3) is 0 Å². The van der Waals surface area contributed by atoms with Crippen molar-refractivity contribution in [3.63, 3.8) is 0 Å². The fourth-order valence-corrected chi connectivity index (χ4v) is 1.73. The lowest BCUT2D eigenvalue weighted by Gasteiger charge is -2.18. The van der Waals surface area contributed by atoms with E-state index in [1.54, 1.807) is 0 Å². The number of hydrogen-bond donors (Lipinski definition) is 7. The summed E-state index contributed by atoms with van der Waals surface area (Å²) in [6.45, 7) is -1.55. The van der Waals surface area contributed by atoms with Gasteiger partial charge in [0.15, 0.2) is 6.10 Å². The molecule has 0 saturated heterocycles. The summed E-state index contributed by atoms with van der Waals surface area (Å²) in [4.78, 5) is 56.4. The number of amides is 2. The summed E-state index contributed by atoms with van der Waals surface area (Å²) < 4.78 is 4.22. The molecular formula is C13H21N3O9S. The van der Waals surface area contributed by atoms with Gasteiger partial charge in [-0.2, -0.15) is 12.6 Å². The Hall–Kier alpha value is -2.22. The standard InChI is InChI=1S/C13H21N3O9S/c14-6(1-2-10(21)25-13(24)8(18)4-17)11(22)16-7(5-26)12(23)15-3-9(19)20/h6-8,17-18,26H,1-5,14H2,(H,15,23)(H,16,22)(H,19,20)/t6-,7-,8?/m0/s1. The highest BCUT2D eigenvalue weighted by Crippen LogP contribution is 2.01. The number of carboxylic acids is 1. The number of hydrogen-bond acceptors (Lipinski definition) is 10. The summed E-state index contributed by atoms with van der Waals surface area (Å²) in [6, 6.07) is -2.36. The van der Waals surface area contributed by atoms with E-state index in [0.717, 1.165) is 0 Å². The van der Waals surface area contributed by atoms with E-state index in [1.807, 2.05) is 0 Å². The van der Waals surface area contributed by atoms with Gasteiger partial charge in [0.05, 0.1) is 12.6 Å². The van der Waals surface area contributed by atoms with Crippen LogP contribution >= 0.6 is 12.6 Å². The maximum Gasteiger partial charge on any atom is 0.345 e. The molecule has 3 atom stereocenters. The molecule has 0 spiro atoms. The van der Waals surface area contributed by atoms with Crippen LogP contribution < -0.4 is 16.4 Å². The summed E-state index contributed by atoms with van der Waals surface area (Å²) >= 11 is 3.87. The highest BCUT2D eigenvalue weighted by Gasteiger charge is 2.24. The van der Waals surface area contributed by atoms with Gasteiger partial charge in [-0.05, 0) is 6.42 Å². The number of nitrogens with two attached hydrogens (primary N) is 1. The number of rotatable bonds is 11. The SMILES string of the molecule is N[C@@H](CCC(=O)OC(=O)C(O)CO)C(=O)N[C@@H](CS)C(=O)NCC(=O)O. The first-order valence-electron chi connectivity index (χ1n) is 7.32. The average molecular weight is 395 g/mol. The highest BCUT2D eigenvalue weighted by atomic mass is 32.1. The largest absolute Gasteiger partial charge is 0.480 e. The Labute approximate surface area is 153 Å². The Kier molecular flexibility index (Phi) is 11.1. The van der Waals surface area contributed by atoms with E-state index in [-0.39, 0.29) is 12.2 Å². The van der Waals surface area contributed by atoms with E-state index < -0.39 is 67.5 Å². The number of carbonyl (C=O) groups excluding carboxylic acids is 4. The van der Waals surface area contributed by atoms with Crippen molar-refractivity contribution in [1.29, 1.82) is 0 Å². The summed E-state index contributed by atoms with van der Waals surface area (Å²) in [7, 11) is 0. The molecule has 0 aromatic rings. The third-order valence-corrected chi connectivity index (χ3v) is 3.25. The number of thiol groups is 1. The van der Waals surface area contributed by atoms with Crippen LogP contribution in [0, 0.1) is 0 Å². The van der Waals surface area contributed by atoms with Crippen molar-refractivity contribution in [2.75, 3.05) is 18.9 Å². The molecule has 0 aliphatic heterocycles. The van der Waals surface area contributed by atoms with E-state index in [0.29, 0.717) is 0 Å². The van der Waals surface area contributed by atoms with Gasteiger partial charge in [0.1, 0.15) is 12.6 Å². The maximum atomic E-state index is 11.9. The molecular weight excluding hydrogens is 374 g/mol. The molecule has 0 rings (SSSR count). The van der Waals surface area contributed by atoms with Crippen LogP contribution in [0.5, 0.6) is 0 Å². The fraction of sp³-hybridized carbons (Fsp3) is 0.615. The topological polar surface area (TPSA) is 205 Å².